The van der Waals surface area contributed by atoms with Crippen LogP contribution >= 0.6 is 0 Å². The first kappa shape index (κ1) is 17.6. The van der Waals surface area contributed by atoms with Gasteiger partial charge in [-0.15, -0.1) is 0 Å². The summed E-state index contributed by atoms with van der Waals surface area (Å²) in [7, 11) is 6.81. The average molecular weight is 354 g/mol. The van der Waals surface area contributed by atoms with E-state index < -0.39 is 5.97 Å². The summed E-state index contributed by atoms with van der Waals surface area (Å²) in [5.41, 5.74) is 9.55. The van der Waals surface area contributed by atoms with Crippen molar-refractivity contribution in [3.8, 4) is 5.75 Å². The minimum absolute atomic E-state index is 0.306. The van der Waals surface area contributed by atoms with Crippen LogP contribution in [-0.4, -0.2) is 43.8 Å². The Kier molecular flexibility index (Phi) is 4.71. The summed E-state index contributed by atoms with van der Waals surface area (Å²) < 4.78 is 12.0. The van der Waals surface area contributed by atoms with Crippen LogP contribution in [0, 0.1) is 0 Å². The molecule has 0 aliphatic heterocycles. The van der Waals surface area contributed by atoms with Crippen LogP contribution < -0.4 is 15.4 Å². The first-order valence-corrected chi connectivity index (χ1v) is 8.13. The lowest BCUT2D eigenvalue weighted by molar-refractivity contribution is 0.0591. The van der Waals surface area contributed by atoms with Gasteiger partial charge in [-0.2, -0.15) is 0 Å². The monoisotopic (exact) mass is 354 g/mol. The van der Waals surface area contributed by atoms with Gasteiger partial charge in [0, 0.05) is 26.8 Å². The molecule has 0 bridgehead atoms. The number of methoxy groups -OCH3 is 2. The van der Waals surface area contributed by atoms with Crippen molar-refractivity contribution in [3.05, 3.63) is 47.8 Å². The van der Waals surface area contributed by atoms with Crippen LogP contribution in [-0.2, 0) is 11.3 Å². The van der Waals surface area contributed by atoms with Crippen LogP contribution in [0.4, 0.5) is 11.4 Å². The number of hydrogen-bond acceptors (Lipinski definition) is 6. The first-order valence-electron chi connectivity index (χ1n) is 8.13. The molecule has 2 heterocycles. The summed E-state index contributed by atoms with van der Waals surface area (Å²) in [6.07, 6.45) is 1.71. The summed E-state index contributed by atoms with van der Waals surface area (Å²) in [5, 5.41) is 0.742. The molecule has 0 spiro atoms. The highest BCUT2D eigenvalue weighted by Crippen LogP contribution is 2.35. The molecule has 0 atom stereocenters. The molecule has 1 aromatic carbocycles. The number of carbonyl (C=O) groups is 1. The molecule has 0 amide bonds. The van der Waals surface area contributed by atoms with Crippen LogP contribution in [0.25, 0.3) is 11.0 Å². The van der Waals surface area contributed by atoms with Crippen molar-refractivity contribution in [1.82, 2.24) is 9.55 Å². The van der Waals surface area contributed by atoms with Gasteiger partial charge in [0.2, 0.25) is 0 Å². The van der Waals surface area contributed by atoms with E-state index in [0.29, 0.717) is 23.6 Å². The molecule has 0 saturated carbocycles. The maximum absolute atomic E-state index is 12.4. The van der Waals surface area contributed by atoms with Gasteiger partial charge in [0.1, 0.15) is 11.4 Å². The summed E-state index contributed by atoms with van der Waals surface area (Å²) >= 11 is 0. The molecule has 0 fully saturated rings. The van der Waals surface area contributed by atoms with Crippen molar-refractivity contribution in [3.63, 3.8) is 0 Å². The number of nitrogen functional groups attached to an aromatic ring is 1. The van der Waals surface area contributed by atoms with Crippen molar-refractivity contribution in [1.29, 1.82) is 0 Å². The molecule has 0 unspecified atom stereocenters. The third-order valence-corrected chi connectivity index (χ3v) is 4.32. The standard InChI is InChI=1S/C19H22N4O3/c1-22(2)14-9-10-21-18-15(14)16(20)17(19(24)26-4)23(18)11-12-5-7-13(25-3)8-6-12/h5-10H,11,20H2,1-4H3. The molecule has 26 heavy (non-hydrogen) atoms. The fraction of sp³-hybridized carbons (Fsp3) is 0.263. The van der Waals surface area contributed by atoms with Gasteiger partial charge in [-0.25, -0.2) is 9.78 Å². The van der Waals surface area contributed by atoms with Gasteiger partial charge < -0.3 is 24.7 Å². The van der Waals surface area contributed by atoms with E-state index in [-0.39, 0.29) is 0 Å². The predicted octanol–water partition coefficient (Wildman–Crippen LogP) is 2.53. The molecule has 0 aliphatic rings. The van der Waals surface area contributed by atoms with Gasteiger partial charge in [-0.1, -0.05) is 12.1 Å². The molecule has 7 heteroatoms. The number of pyridine rings is 1. The minimum atomic E-state index is -0.487. The number of anilines is 2. The molecule has 0 radical (unpaired) electrons. The normalized spacial score (nSPS) is 10.8. The molecule has 0 saturated heterocycles. The van der Waals surface area contributed by atoms with E-state index in [1.54, 1.807) is 17.9 Å². The largest absolute Gasteiger partial charge is 0.497 e. The lowest BCUT2D eigenvalue weighted by Crippen LogP contribution is -2.13. The summed E-state index contributed by atoms with van der Waals surface area (Å²) in [6, 6.07) is 9.51. The number of aromatic nitrogens is 2. The Morgan fingerprint density at radius 3 is 2.46 bits per heavy atom. The second-order valence-electron chi connectivity index (χ2n) is 6.11. The lowest BCUT2D eigenvalue weighted by atomic mass is 10.2. The van der Waals surface area contributed by atoms with E-state index in [9.17, 15) is 4.79 Å². The molecule has 3 aromatic rings. The quantitative estimate of drug-likeness (QED) is 0.709. The van der Waals surface area contributed by atoms with Crippen molar-refractivity contribution >= 4 is 28.4 Å². The highest BCUT2D eigenvalue weighted by molar-refractivity contribution is 6.09. The second kappa shape index (κ2) is 6.95. The van der Waals surface area contributed by atoms with Crippen LogP contribution in [0.2, 0.25) is 0 Å². The van der Waals surface area contributed by atoms with Gasteiger partial charge in [0.15, 0.2) is 5.69 Å². The third kappa shape index (κ3) is 2.92. The second-order valence-corrected chi connectivity index (χ2v) is 6.11. The van der Waals surface area contributed by atoms with E-state index in [4.69, 9.17) is 15.2 Å². The van der Waals surface area contributed by atoms with Gasteiger partial charge in [0.05, 0.1) is 31.0 Å². The number of nitrogens with two attached hydrogens (primary N) is 1. The number of ether oxygens (including phenoxy) is 2. The van der Waals surface area contributed by atoms with Gasteiger partial charge >= 0.3 is 5.97 Å². The highest BCUT2D eigenvalue weighted by Gasteiger charge is 2.25. The molecular formula is C19H22N4O3. The minimum Gasteiger partial charge on any atom is -0.497 e. The molecule has 2 aromatic heterocycles. The number of esters is 1. The van der Waals surface area contributed by atoms with Crippen molar-refractivity contribution in [2.24, 2.45) is 0 Å². The average Bonchev–Trinajstić information content (AvgIpc) is 2.93. The Hall–Kier alpha value is -3.22. The SMILES string of the molecule is COC(=O)c1c(N)c2c(N(C)C)ccnc2n1Cc1ccc(OC)cc1. The Labute approximate surface area is 151 Å². The molecule has 136 valence electrons. The van der Waals surface area contributed by atoms with E-state index in [2.05, 4.69) is 4.98 Å². The number of hydrogen-bond donors (Lipinski definition) is 1. The Morgan fingerprint density at radius 1 is 1.19 bits per heavy atom. The molecular weight excluding hydrogens is 332 g/mol. The van der Waals surface area contributed by atoms with E-state index in [1.807, 2.05) is 49.3 Å². The first-order chi connectivity index (χ1) is 12.5. The Morgan fingerprint density at radius 2 is 1.88 bits per heavy atom. The van der Waals surface area contributed by atoms with Gasteiger partial charge in [-0.05, 0) is 23.8 Å². The number of fused-ring (bicyclic) bond motifs is 1. The highest BCUT2D eigenvalue weighted by atomic mass is 16.5. The van der Waals surface area contributed by atoms with Crippen LogP contribution in [0.15, 0.2) is 36.5 Å². The maximum Gasteiger partial charge on any atom is 0.356 e. The number of rotatable bonds is 5. The van der Waals surface area contributed by atoms with Gasteiger partial charge in [-0.3, -0.25) is 0 Å². The zero-order valence-electron chi connectivity index (χ0n) is 15.3. The summed E-state index contributed by atoms with van der Waals surface area (Å²) in [5.74, 6) is 0.283. The smallest absolute Gasteiger partial charge is 0.356 e. The van der Waals surface area contributed by atoms with Crippen molar-refractivity contribution in [2.45, 2.75) is 6.54 Å². The fourth-order valence-corrected chi connectivity index (χ4v) is 3.03. The number of nitrogens with zero attached hydrogens (tertiary/aromatic N) is 3. The predicted molar refractivity (Wildman–Crippen MR) is 102 cm³/mol. The Bertz CT molecular complexity index is 946. The van der Waals surface area contributed by atoms with Crippen molar-refractivity contribution < 1.29 is 14.3 Å². The Balaban J connectivity index is 2.21. The van der Waals surface area contributed by atoms with Crippen LogP contribution in [0.1, 0.15) is 16.1 Å². The third-order valence-electron chi connectivity index (χ3n) is 4.32. The van der Waals surface area contributed by atoms with Crippen molar-refractivity contribution in [2.75, 3.05) is 38.9 Å². The molecule has 2 N–H and O–H groups in total. The van der Waals surface area contributed by atoms with Crippen LogP contribution in [0.5, 0.6) is 5.75 Å². The topological polar surface area (TPSA) is 82.6 Å². The van der Waals surface area contributed by atoms with E-state index in [0.717, 1.165) is 22.4 Å². The maximum atomic E-state index is 12.4. The van der Waals surface area contributed by atoms with Crippen LogP contribution in [0.3, 0.4) is 0 Å². The molecule has 7 nitrogen and oxygen atoms in total. The summed E-state index contributed by atoms with van der Waals surface area (Å²) in [4.78, 5) is 18.8. The summed E-state index contributed by atoms with van der Waals surface area (Å²) in [6.45, 7) is 0.437. The fourth-order valence-electron chi connectivity index (χ4n) is 3.03. The zero-order valence-corrected chi connectivity index (χ0v) is 15.3. The van der Waals surface area contributed by atoms with E-state index >= 15 is 0 Å². The molecule has 0 aliphatic carbocycles. The lowest BCUT2D eigenvalue weighted by Gasteiger charge is -2.14. The molecule has 3 rings (SSSR count). The number of carbonyl (C=O) groups excluding carboxylic acids is 1. The number of benzene rings is 1. The van der Waals surface area contributed by atoms with E-state index in [1.165, 1.54) is 7.11 Å². The van der Waals surface area contributed by atoms with Gasteiger partial charge in [0.25, 0.3) is 0 Å². The zero-order chi connectivity index (χ0) is 18.8.